The van der Waals surface area contributed by atoms with Gasteiger partial charge >= 0.3 is 0 Å². The Morgan fingerprint density at radius 3 is 2.78 bits per heavy atom. The van der Waals surface area contributed by atoms with E-state index in [-0.39, 0.29) is 5.69 Å². The number of aromatic nitrogens is 1. The Labute approximate surface area is 108 Å². The third kappa shape index (κ3) is 2.95. The predicted molar refractivity (Wildman–Crippen MR) is 72.1 cm³/mol. The van der Waals surface area contributed by atoms with Crippen LogP contribution in [0.3, 0.4) is 0 Å². The van der Waals surface area contributed by atoms with Gasteiger partial charge in [-0.1, -0.05) is 0 Å². The number of rotatable bonds is 5. The van der Waals surface area contributed by atoms with E-state index in [1.165, 1.54) is 23.5 Å². The molecule has 2 rings (SSSR count). The van der Waals surface area contributed by atoms with Crippen LogP contribution in [0.4, 0.5) is 17.1 Å². The lowest BCUT2D eigenvalue weighted by Crippen LogP contribution is -2.01. The van der Waals surface area contributed by atoms with Crippen LogP contribution in [-0.2, 0) is 6.54 Å². The molecule has 0 aliphatic heterocycles. The number of non-ortho nitro benzene ring substituents is 1. The highest BCUT2D eigenvalue weighted by molar-refractivity contribution is 7.09. The summed E-state index contributed by atoms with van der Waals surface area (Å²) in [5.41, 5.74) is 1.46. The molecule has 18 heavy (non-hydrogen) atoms. The third-order valence-corrected chi connectivity index (χ3v) is 3.12. The number of nitro groups is 1. The molecule has 0 radical (unpaired) electrons. The van der Waals surface area contributed by atoms with Gasteiger partial charge in [0.2, 0.25) is 0 Å². The number of anilines is 2. The van der Waals surface area contributed by atoms with E-state index in [2.05, 4.69) is 15.6 Å². The van der Waals surface area contributed by atoms with E-state index < -0.39 is 4.92 Å². The number of hydrogen-bond acceptors (Lipinski definition) is 6. The van der Waals surface area contributed by atoms with Crippen LogP contribution in [0.2, 0.25) is 0 Å². The van der Waals surface area contributed by atoms with E-state index in [0.717, 1.165) is 5.01 Å². The average molecular weight is 264 g/mol. The van der Waals surface area contributed by atoms with Crippen LogP contribution in [-0.4, -0.2) is 17.0 Å². The van der Waals surface area contributed by atoms with E-state index in [4.69, 9.17) is 0 Å². The maximum Gasteiger partial charge on any atom is 0.273 e. The minimum Gasteiger partial charge on any atom is -0.388 e. The molecule has 0 spiro atoms. The fourth-order valence-electron chi connectivity index (χ4n) is 1.48. The molecule has 0 amide bonds. The molecule has 0 atom stereocenters. The van der Waals surface area contributed by atoms with Gasteiger partial charge in [-0.15, -0.1) is 11.3 Å². The number of nitrogens with zero attached hydrogens (tertiary/aromatic N) is 2. The summed E-state index contributed by atoms with van der Waals surface area (Å²) >= 11 is 1.54. The van der Waals surface area contributed by atoms with E-state index >= 15 is 0 Å². The van der Waals surface area contributed by atoms with Gasteiger partial charge in [-0.05, 0) is 6.07 Å². The normalized spacial score (nSPS) is 10.1. The van der Waals surface area contributed by atoms with Crippen LogP contribution in [0.1, 0.15) is 5.01 Å². The molecular formula is C11H12N4O2S. The summed E-state index contributed by atoms with van der Waals surface area (Å²) in [6.07, 6.45) is 1.73. The van der Waals surface area contributed by atoms with Crippen LogP contribution in [0, 0.1) is 10.1 Å². The molecule has 0 saturated heterocycles. The maximum absolute atomic E-state index is 10.8. The van der Waals surface area contributed by atoms with Gasteiger partial charge < -0.3 is 10.6 Å². The Kier molecular flexibility index (Phi) is 3.73. The molecule has 0 unspecified atom stereocenters. The SMILES string of the molecule is CNc1cc(NCc2nccs2)cc([N+](=O)[O-])c1. The first kappa shape index (κ1) is 12.3. The van der Waals surface area contributed by atoms with Crippen LogP contribution in [0.15, 0.2) is 29.8 Å². The molecule has 0 aliphatic rings. The van der Waals surface area contributed by atoms with Gasteiger partial charge in [0.1, 0.15) is 5.01 Å². The van der Waals surface area contributed by atoms with Crippen molar-refractivity contribution in [2.45, 2.75) is 6.54 Å². The van der Waals surface area contributed by atoms with Gasteiger partial charge in [-0.25, -0.2) is 4.98 Å². The van der Waals surface area contributed by atoms with Crippen molar-refractivity contribution >= 4 is 28.4 Å². The Morgan fingerprint density at radius 2 is 2.17 bits per heavy atom. The van der Waals surface area contributed by atoms with Crippen LogP contribution < -0.4 is 10.6 Å². The van der Waals surface area contributed by atoms with E-state index in [1.54, 1.807) is 13.2 Å². The topological polar surface area (TPSA) is 80.1 Å². The number of nitro benzene ring substituents is 1. The standard InChI is InChI=1S/C11H12N4O2S/c1-12-8-4-9(6-10(5-8)15(16)17)14-7-11-13-2-3-18-11/h2-6,12,14H,7H2,1H3. The molecule has 0 aliphatic carbocycles. The summed E-state index contributed by atoms with van der Waals surface area (Å²) in [5.74, 6) is 0. The second-order valence-corrected chi connectivity index (χ2v) is 4.53. The summed E-state index contributed by atoms with van der Waals surface area (Å²) in [6, 6.07) is 4.82. The minimum absolute atomic E-state index is 0.0588. The maximum atomic E-state index is 10.8. The zero-order valence-electron chi connectivity index (χ0n) is 9.71. The van der Waals surface area contributed by atoms with Crippen LogP contribution in [0.25, 0.3) is 0 Å². The van der Waals surface area contributed by atoms with Crippen molar-refractivity contribution in [2.24, 2.45) is 0 Å². The van der Waals surface area contributed by atoms with E-state index in [1.807, 2.05) is 11.4 Å². The molecule has 0 saturated carbocycles. The highest BCUT2D eigenvalue weighted by atomic mass is 32.1. The van der Waals surface area contributed by atoms with E-state index in [0.29, 0.717) is 17.9 Å². The first-order chi connectivity index (χ1) is 8.69. The predicted octanol–water partition coefficient (Wildman–Crippen LogP) is 2.71. The van der Waals surface area contributed by atoms with Crippen molar-refractivity contribution in [1.82, 2.24) is 4.98 Å². The molecule has 94 valence electrons. The molecule has 0 bridgehead atoms. The summed E-state index contributed by atoms with van der Waals surface area (Å²) in [6.45, 7) is 0.558. The lowest BCUT2D eigenvalue weighted by Gasteiger charge is -2.07. The molecule has 1 aromatic heterocycles. The number of benzene rings is 1. The molecule has 2 N–H and O–H groups in total. The van der Waals surface area contributed by atoms with Crippen molar-refractivity contribution in [3.05, 3.63) is 44.9 Å². The second kappa shape index (κ2) is 5.46. The smallest absolute Gasteiger partial charge is 0.273 e. The zero-order chi connectivity index (χ0) is 13.0. The number of nitrogens with one attached hydrogen (secondary N) is 2. The van der Waals surface area contributed by atoms with Crippen molar-refractivity contribution in [3.63, 3.8) is 0 Å². The van der Waals surface area contributed by atoms with Gasteiger partial charge in [0.15, 0.2) is 0 Å². The number of hydrogen-bond donors (Lipinski definition) is 2. The summed E-state index contributed by atoms with van der Waals surface area (Å²) in [5, 5.41) is 19.6. The Morgan fingerprint density at radius 1 is 1.39 bits per heavy atom. The monoisotopic (exact) mass is 264 g/mol. The fourth-order valence-corrected chi connectivity index (χ4v) is 2.04. The summed E-state index contributed by atoms with van der Waals surface area (Å²) < 4.78 is 0. The Hall–Kier alpha value is -2.15. The lowest BCUT2D eigenvalue weighted by atomic mass is 10.2. The molecular weight excluding hydrogens is 252 g/mol. The molecule has 7 heteroatoms. The first-order valence-corrected chi connectivity index (χ1v) is 6.16. The highest BCUT2D eigenvalue weighted by Gasteiger charge is 2.09. The second-order valence-electron chi connectivity index (χ2n) is 3.56. The van der Waals surface area contributed by atoms with Gasteiger partial charge in [0.05, 0.1) is 11.5 Å². The molecule has 1 heterocycles. The average Bonchev–Trinajstić information content (AvgIpc) is 2.89. The molecule has 2 aromatic rings. The lowest BCUT2D eigenvalue weighted by molar-refractivity contribution is -0.384. The van der Waals surface area contributed by atoms with Crippen molar-refractivity contribution in [3.8, 4) is 0 Å². The minimum atomic E-state index is -0.407. The van der Waals surface area contributed by atoms with Gasteiger partial charge in [0, 0.05) is 42.1 Å². The van der Waals surface area contributed by atoms with Crippen LogP contribution in [0.5, 0.6) is 0 Å². The molecule has 6 nitrogen and oxygen atoms in total. The first-order valence-electron chi connectivity index (χ1n) is 5.28. The van der Waals surface area contributed by atoms with E-state index in [9.17, 15) is 10.1 Å². The van der Waals surface area contributed by atoms with Gasteiger partial charge in [-0.2, -0.15) is 0 Å². The largest absolute Gasteiger partial charge is 0.388 e. The Balaban J connectivity index is 2.16. The Bertz CT molecular complexity index is 542. The quantitative estimate of drug-likeness (QED) is 0.641. The highest BCUT2D eigenvalue weighted by Crippen LogP contribution is 2.24. The van der Waals surface area contributed by atoms with Crippen molar-refractivity contribution in [2.75, 3.05) is 17.7 Å². The van der Waals surface area contributed by atoms with Gasteiger partial charge in [0.25, 0.3) is 5.69 Å². The van der Waals surface area contributed by atoms with Gasteiger partial charge in [-0.3, -0.25) is 10.1 Å². The van der Waals surface area contributed by atoms with Crippen LogP contribution >= 0.6 is 11.3 Å². The number of thiazole rings is 1. The summed E-state index contributed by atoms with van der Waals surface area (Å²) in [4.78, 5) is 14.5. The zero-order valence-corrected chi connectivity index (χ0v) is 10.5. The fraction of sp³-hybridized carbons (Fsp3) is 0.182. The van der Waals surface area contributed by atoms with Crippen molar-refractivity contribution < 1.29 is 4.92 Å². The molecule has 0 fully saturated rings. The third-order valence-electron chi connectivity index (χ3n) is 2.34. The van der Waals surface area contributed by atoms with Crippen molar-refractivity contribution in [1.29, 1.82) is 0 Å². The summed E-state index contributed by atoms with van der Waals surface area (Å²) in [7, 11) is 1.73. The molecule has 1 aromatic carbocycles.